The Labute approximate surface area is 176 Å². The number of aliphatic imine (C=N–C) groups is 1. The van der Waals surface area contributed by atoms with Crippen LogP contribution in [0.5, 0.6) is 5.75 Å². The Morgan fingerprint density at radius 1 is 1.37 bits per heavy atom. The van der Waals surface area contributed by atoms with Crippen molar-refractivity contribution in [2.45, 2.75) is 32.1 Å². The fraction of sp³-hybridized carbons (Fsp3) is 0.412. The summed E-state index contributed by atoms with van der Waals surface area (Å²) in [4.78, 5) is 7.99. The quantitative estimate of drug-likeness (QED) is 0.363. The smallest absolute Gasteiger partial charge is 0.434 e. The van der Waals surface area contributed by atoms with Gasteiger partial charge in [0.15, 0.2) is 11.7 Å². The summed E-state index contributed by atoms with van der Waals surface area (Å²) in [5.41, 5.74) is 0.168. The zero-order chi connectivity index (χ0) is 18.6. The van der Waals surface area contributed by atoms with E-state index in [1.54, 1.807) is 0 Å². The number of nitrogens with one attached hydrogen (secondary N) is 2. The summed E-state index contributed by atoms with van der Waals surface area (Å²) in [6.45, 7) is 3.25. The lowest BCUT2D eigenvalue weighted by molar-refractivity contribution is -0.140. The van der Waals surface area contributed by atoms with Crippen LogP contribution in [0.1, 0.15) is 35.7 Å². The molecule has 1 aliphatic rings. The second-order valence-electron chi connectivity index (χ2n) is 5.69. The largest absolute Gasteiger partial charge is 0.493 e. The number of para-hydroxylation sites is 1. The average Bonchev–Trinajstić information content (AvgIpc) is 3.10. The summed E-state index contributed by atoms with van der Waals surface area (Å²) in [7, 11) is 0. The molecule has 5 nitrogen and oxygen atoms in total. The molecule has 1 atom stereocenters. The van der Waals surface area contributed by atoms with Crippen molar-refractivity contribution in [1.82, 2.24) is 15.6 Å². The van der Waals surface area contributed by atoms with Crippen LogP contribution in [0.2, 0.25) is 0 Å². The van der Waals surface area contributed by atoms with Crippen molar-refractivity contribution < 1.29 is 17.9 Å². The number of aromatic nitrogens is 1. The highest BCUT2D eigenvalue weighted by Gasteiger charge is 2.33. The van der Waals surface area contributed by atoms with E-state index in [4.69, 9.17) is 4.74 Å². The number of benzene rings is 1. The maximum atomic E-state index is 12.6. The fourth-order valence-electron chi connectivity index (χ4n) is 2.64. The van der Waals surface area contributed by atoms with Crippen LogP contribution in [0.3, 0.4) is 0 Å². The Kier molecular flexibility index (Phi) is 7.71. The molecular weight excluding hydrogens is 492 g/mol. The first-order valence-corrected chi connectivity index (χ1v) is 9.13. The number of ether oxygens (including phenoxy) is 1. The molecule has 0 fully saturated rings. The molecule has 1 aromatic heterocycles. The van der Waals surface area contributed by atoms with E-state index in [0.717, 1.165) is 34.5 Å². The van der Waals surface area contributed by atoms with Gasteiger partial charge in [-0.05, 0) is 13.0 Å². The van der Waals surface area contributed by atoms with Crippen molar-refractivity contribution >= 4 is 41.3 Å². The van der Waals surface area contributed by atoms with Gasteiger partial charge in [-0.15, -0.1) is 35.3 Å². The molecular formula is C17H20F3IN4OS. The molecule has 0 radical (unpaired) electrons. The summed E-state index contributed by atoms with van der Waals surface area (Å²) in [5.74, 6) is 1.37. The minimum absolute atomic E-state index is 0. The maximum Gasteiger partial charge on any atom is 0.434 e. The highest BCUT2D eigenvalue weighted by Crippen LogP contribution is 2.32. The van der Waals surface area contributed by atoms with Crippen LogP contribution < -0.4 is 15.4 Å². The Bertz CT molecular complexity index is 782. The van der Waals surface area contributed by atoms with Crippen LogP contribution in [-0.2, 0) is 12.7 Å². The number of hydrogen-bond acceptors (Lipinski definition) is 4. The van der Waals surface area contributed by atoms with Crippen molar-refractivity contribution in [3.63, 3.8) is 0 Å². The van der Waals surface area contributed by atoms with E-state index in [0.29, 0.717) is 24.1 Å². The zero-order valence-corrected chi connectivity index (χ0v) is 17.7. The lowest BCUT2D eigenvalue weighted by Gasteiger charge is -2.28. The fourth-order valence-corrected chi connectivity index (χ4v) is 3.36. The van der Waals surface area contributed by atoms with E-state index in [2.05, 4.69) is 20.6 Å². The number of hydrogen-bond donors (Lipinski definition) is 2. The van der Waals surface area contributed by atoms with E-state index >= 15 is 0 Å². The number of thiazole rings is 1. The first kappa shape index (κ1) is 21.7. The van der Waals surface area contributed by atoms with Gasteiger partial charge in [-0.1, -0.05) is 18.2 Å². The SMILES string of the molecule is CCNC(=NCc1nc(C(F)(F)F)cs1)NC1CCOc2ccccc21.I. The average molecular weight is 512 g/mol. The molecule has 0 saturated carbocycles. The number of nitrogens with zero attached hydrogens (tertiary/aromatic N) is 2. The van der Waals surface area contributed by atoms with Crippen LogP contribution in [0.25, 0.3) is 0 Å². The highest BCUT2D eigenvalue weighted by atomic mass is 127. The minimum Gasteiger partial charge on any atom is -0.493 e. The van der Waals surface area contributed by atoms with Gasteiger partial charge < -0.3 is 15.4 Å². The molecule has 2 N–H and O–H groups in total. The van der Waals surface area contributed by atoms with E-state index in [1.165, 1.54) is 0 Å². The number of halogens is 4. The lowest BCUT2D eigenvalue weighted by Crippen LogP contribution is -2.41. The van der Waals surface area contributed by atoms with Gasteiger partial charge in [-0.25, -0.2) is 9.98 Å². The topological polar surface area (TPSA) is 58.5 Å². The summed E-state index contributed by atoms with van der Waals surface area (Å²) in [6.07, 6.45) is -3.65. The third-order valence-electron chi connectivity index (χ3n) is 3.83. The van der Waals surface area contributed by atoms with Gasteiger partial charge in [0.25, 0.3) is 0 Å². The molecule has 148 valence electrons. The molecule has 3 rings (SSSR count). The predicted octanol–water partition coefficient (Wildman–Crippen LogP) is 4.36. The molecule has 27 heavy (non-hydrogen) atoms. The van der Waals surface area contributed by atoms with Crippen molar-refractivity contribution in [3.8, 4) is 5.75 Å². The summed E-state index contributed by atoms with van der Waals surface area (Å²) < 4.78 is 43.6. The van der Waals surface area contributed by atoms with Gasteiger partial charge in [-0.3, -0.25) is 0 Å². The van der Waals surface area contributed by atoms with Crippen molar-refractivity contribution in [2.75, 3.05) is 13.2 Å². The molecule has 0 saturated heterocycles. The van der Waals surface area contributed by atoms with E-state index in [9.17, 15) is 13.2 Å². The number of alkyl halides is 3. The van der Waals surface area contributed by atoms with E-state index in [1.807, 2.05) is 31.2 Å². The second kappa shape index (κ2) is 9.58. The molecule has 2 heterocycles. The summed E-state index contributed by atoms with van der Waals surface area (Å²) >= 11 is 0.957. The molecule has 2 aromatic rings. The van der Waals surface area contributed by atoms with Gasteiger partial charge in [-0.2, -0.15) is 13.2 Å². The molecule has 0 aliphatic carbocycles. The van der Waals surface area contributed by atoms with E-state index in [-0.39, 0.29) is 36.6 Å². The van der Waals surface area contributed by atoms with Crippen LogP contribution in [0.15, 0.2) is 34.6 Å². The third kappa shape index (κ3) is 5.71. The molecule has 10 heteroatoms. The number of rotatable bonds is 4. The first-order valence-electron chi connectivity index (χ1n) is 8.25. The zero-order valence-electron chi connectivity index (χ0n) is 14.5. The van der Waals surface area contributed by atoms with Crippen LogP contribution >= 0.6 is 35.3 Å². The molecule has 0 amide bonds. The van der Waals surface area contributed by atoms with Gasteiger partial charge in [0, 0.05) is 23.9 Å². The summed E-state index contributed by atoms with van der Waals surface area (Å²) in [5, 5.41) is 7.79. The third-order valence-corrected chi connectivity index (χ3v) is 4.66. The van der Waals surface area contributed by atoms with Crippen molar-refractivity contribution in [1.29, 1.82) is 0 Å². The van der Waals surface area contributed by atoms with Crippen molar-refractivity contribution in [3.05, 3.63) is 45.9 Å². The molecule has 0 spiro atoms. The van der Waals surface area contributed by atoms with Crippen LogP contribution in [-0.4, -0.2) is 24.1 Å². The van der Waals surface area contributed by atoms with Gasteiger partial charge in [0.1, 0.15) is 10.8 Å². The van der Waals surface area contributed by atoms with Crippen molar-refractivity contribution in [2.24, 2.45) is 4.99 Å². The molecule has 1 aliphatic heterocycles. The van der Waals surface area contributed by atoms with Gasteiger partial charge in [0.2, 0.25) is 0 Å². The number of guanidine groups is 1. The lowest BCUT2D eigenvalue weighted by atomic mass is 10.0. The number of fused-ring (bicyclic) bond motifs is 1. The Hall–Kier alpha value is -1.56. The minimum atomic E-state index is -4.42. The normalized spacial score (nSPS) is 16.7. The standard InChI is InChI=1S/C17H19F3N4OS.HI/c1-2-21-16(22-9-15-24-14(10-26-15)17(18,19)20)23-12-7-8-25-13-6-4-3-5-11(12)13;/h3-6,10,12H,2,7-9H2,1H3,(H2,21,22,23);1H. The molecule has 1 aromatic carbocycles. The maximum absolute atomic E-state index is 12.6. The highest BCUT2D eigenvalue weighted by molar-refractivity contribution is 14.0. The van der Waals surface area contributed by atoms with Gasteiger partial charge in [0.05, 0.1) is 19.2 Å². The van der Waals surface area contributed by atoms with E-state index < -0.39 is 11.9 Å². The van der Waals surface area contributed by atoms with Crippen LogP contribution in [0, 0.1) is 0 Å². The predicted molar refractivity (Wildman–Crippen MR) is 110 cm³/mol. The monoisotopic (exact) mass is 512 g/mol. The molecule has 1 unspecified atom stereocenters. The first-order chi connectivity index (χ1) is 12.5. The Morgan fingerprint density at radius 3 is 2.85 bits per heavy atom. The van der Waals surface area contributed by atoms with Gasteiger partial charge >= 0.3 is 6.18 Å². The summed E-state index contributed by atoms with van der Waals surface area (Å²) in [6, 6.07) is 7.80. The Morgan fingerprint density at radius 2 is 2.15 bits per heavy atom. The van der Waals surface area contributed by atoms with Crippen LogP contribution in [0.4, 0.5) is 13.2 Å². The second-order valence-corrected chi connectivity index (χ2v) is 6.63. The molecule has 0 bridgehead atoms. The Balaban J connectivity index is 0.00000261.